The number of nitrogens with zero attached hydrogens (tertiary/aromatic N) is 1. The van der Waals surface area contributed by atoms with Gasteiger partial charge in [-0.2, -0.15) is 0 Å². The maximum absolute atomic E-state index is 12.8. The van der Waals surface area contributed by atoms with Crippen LogP contribution < -0.4 is 4.74 Å². The zero-order chi connectivity index (χ0) is 19.4. The van der Waals surface area contributed by atoms with Crippen molar-refractivity contribution in [3.63, 3.8) is 0 Å². The van der Waals surface area contributed by atoms with Crippen LogP contribution in [0, 0.1) is 0 Å². The molecule has 27 heavy (non-hydrogen) atoms. The van der Waals surface area contributed by atoms with E-state index < -0.39 is 21.6 Å². The third-order valence-electron chi connectivity index (χ3n) is 4.22. The first-order valence-corrected chi connectivity index (χ1v) is 10.8. The van der Waals surface area contributed by atoms with Crippen LogP contribution in [0.4, 0.5) is 0 Å². The number of benzene rings is 2. The van der Waals surface area contributed by atoms with Gasteiger partial charge in [-0.1, -0.05) is 18.2 Å². The van der Waals surface area contributed by atoms with E-state index in [-0.39, 0.29) is 12.2 Å². The zero-order valence-corrected chi connectivity index (χ0v) is 16.2. The Labute approximate surface area is 161 Å². The van der Waals surface area contributed by atoms with Crippen molar-refractivity contribution in [1.82, 2.24) is 5.06 Å². The largest absolute Gasteiger partial charge is 0.497 e. The van der Waals surface area contributed by atoms with E-state index in [0.717, 1.165) is 10.1 Å². The van der Waals surface area contributed by atoms with E-state index in [2.05, 4.69) is 0 Å². The highest BCUT2D eigenvalue weighted by Gasteiger charge is 2.26. The molecule has 0 saturated heterocycles. The summed E-state index contributed by atoms with van der Waals surface area (Å²) in [5, 5.41) is 13.3. The number of methoxy groups -OCH3 is 1. The Bertz CT molecular complexity index is 1040. The zero-order valence-electron chi connectivity index (χ0n) is 14.6. The quantitative estimate of drug-likeness (QED) is 0.353. The second-order valence-electron chi connectivity index (χ2n) is 6.13. The minimum Gasteiger partial charge on any atom is -0.497 e. The first-order chi connectivity index (χ1) is 12.9. The Kier molecular flexibility index (Phi) is 5.79. The Morgan fingerprint density at radius 2 is 2.04 bits per heavy atom. The highest BCUT2D eigenvalue weighted by molar-refractivity contribution is 7.90. The van der Waals surface area contributed by atoms with Crippen LogP contribution in [0.1, 0.15) is 17.2 Å². The Hall–Kier alpha value is -2.42. The molecule has 1 aromatic heterocycles. The van der Waals surface area contributed by atoms with Crippen LogP contribution >= 0.6 is 11.3 Å². The summed E-state index contributed by atoms with van der Waals surface area (Å²) in [6, 6.07) is 13.1. The number of hydroxylamine groups is 2. The van der Waals surface area contributed by atoms with Crippen molar-refractivity contribution in [2.24, 2.45) is 0 Å². The van der Waals surface area contributed by atoms with E-state index in [0.29, 0.717) is 21.9 Å². The molecular formula is C19H19NO5S2. The molecule has 1 amide bonds. The van der Waals surface area contributed by atoms with Gasteiger partial charge in [0.05, 0.1) is 24.7 Å². The summed E-state index contributed by atoms with van der Waals surface area (Å²) in [5.41, 5.74) is 1.14. The molecule has 1 atom stereocenters. The SMILES string of the molecule is COc1cccc([C@@H](CS(=O)(=O)Cc2ccc3sccc3c2)N(O)C=O)c1. The number of hydrogen-bond acceptors (Lipinski definition) is 6. The normalized spacial score (nSPS) is 12.7. The molecule has 142 valence electrons. The summed E-state index contributed by atoms with van der Waals surface area (Å²) < 4.78 is 31.7. The molecule has 3 aromatic rings. The van der Waals surface area contributed by atoms with Gasteiger partial charge in [-0.15, -0.1) is 11.3 Å². The van der Waals surface area contributed by atoms with Crippen molar-refractivity contribution in [3.05, 3.63) is 65.0 Å². The number of carbonyl (C=O) groups is 1. The molecule has 0 aliphatic heterocycles. The molecule has 0 saturated carbocycles. The molecule has 0 spiro atoms. The second kappa shape index (κ2) is 8.08. The van der Waals surface area contributed by atoms with Gasteiger partial charge in [0.1, 0.15) is 5.75 Å². The van der Waals surface area contributed by atoms with E-state index in [9.17, 15) is 18.4 Å². The summed E-state index contributed by atoms with van der Waals surface area (Å²) in [7, 11) is -2.12. The lowest BCUT2D eigenvalue weighted by molar-refractivity contribution is -0.158. The molecule has 0 unspecified atom stereocenters. The number of fused-ring (bicyclic) bond motifs is 1. The number of rotatable bonds is 8. The average Bonchev–Trinajstić information content (AvgIpc) is 3.13. The fourth-order valence-corrected chi connectivity index (χ4v) is 5.31. The lowest BCUT2D eigenvalue weighted by Crippen LogP contribution is -2.30. The molecule has 3 rings (SSSR count). The number of hydrogen-bond donors (Lipinski definition) is 1. The van der Waals surface area contributed by atoms with Crippen LogP contribution in [0.25, 0.3) is 10.1 Å². The third-order valence-corrected chi connectivity index (χ3v) is 6.72. The minimum atomic E-state index is -3.61. The van der Waals surface area contributed by atoms with E-state index >= 15 is 0 Å². The molecular weight excluding hydrogens is 386 g/mol. The van der Waals surface area contributed by atoms with Crippen LogP contribution in [0.3, 0.4) is 0 Å². The Balaban J connectivity index is 1.85. The fourth-order valence-electron chi connectivity index (χ4n) is 2.91. The van der Waals surface area contributed by atoms with Gasteiger partial charge in [0, 0.05) is 4.70 Å². The molecule has 0 aliphatic rings. The van der Waals surface area contributed by atoms with Gasteiger partial charge >= 0.3 is 0 Å². The topological polar surface area (TPSA) is 83.9 Å². The van der Waals surface area contributed by atoms with Crippen molar-refractivity contribution in [2.75, 3.05) is 12.9 Å². The van der Waals surface area contributed by atoms with E-state index in [1.54, 1.807) is 41.7 Å². The van der Waals surface area contributed by atoms with E-state index in [1.807, 2.05) is 23.6 Å². The predicted octanol–water partition coefficient (Wildman–Crippen LogP) is 3.41. The van der Waals surface area contributed by atoms with Crippen molar-refractivity contribution < 1.29 is 23.2 Å². The number of thiophene rings is 1. The molecule has 1 heterocycles. The van der Waals surface area contributed by atoms with Crippen LogP contribution in [-0.2, 0) is 20.4 Å². The van der Waals surface area contributed by atoms with Crippen LogP contribution in [0.2, 0.25) is 0 Å². The van der Waals surface area contributed by atoms with Gasteiger partial charge in [-0.25, -0.2) is 13.5 Å². The molecule has 2 aromatic carbocycles. The Morgan fingerprint density at radius 3 is 2.78 bits per heavy atom. The second-order valence-corrected chi connectivity index (χ2v) is 9.18. The number of ether oxygens (including phenoxy) is 1. The van der Waals surface area contributed by atoms with Crippen LogP contribution in [0.5, 0.6) is 5.75 Å². The molecule has 0 radical (unpaired) electrons. The summed E-state index contributed by atoms with van der Waals surface area (Å²) >= 11 is 1.59. The molecule has 0 fully saturated rings. The lowest BCUT2D eigenvalue weighted by atomic mass is 10.1. The highest BCUT2D eigenvalue weighted by Crippen LogP contribution is 2.27. The molecule has 6 nitrogen and oxygen atoms in total. The fraction of sp³-hybridized carbons (Fsp3) is 0.211. The summed E-state index contributed by atoms with van der Waals surface area (Å²) in [6.07, 6.45) is 0.205. The van der Waals surface area contributed by atoms with Gasteiger partial charge in [0.25, 0.3) is 0 Å². The van der Waals surface area contributed by atoms with E-state index in [1.165, 1.54) is 7.11 Å². The maximum atomic E-state index is 12.8. The van der Waals surface area contributed by atoms with Gasteiger partial charge in [0.15, 0.2) is 9.84 Å². The highest BCUT2D eigenvalue weighted by atomic mass is 32.2. The van der Waals surface area contributed by atoms with Crippen LogP contribution in [-0.4, -0.2) is 38.0 Å². The number of amides is 1. The minimum absolute atomic E-state index is 0.175. The van der Waals surface area contributed by atoms with E-state index in [4.69, 9.17) is 4.74 Å². The molecule has 0 bridgehead atoms. The van der Waals surface area contributed by atoms with Crippen molar-refractivity contribution in [1.29, 1.82) is 0 Å². The third kappa shape index (κ3) is 4.65. The molecule has 0 aliphatic carbocycles. The Morgan fingerprint density at radius 1 is 1.22 bits per heavy atom. The van der Waals surface area contributed by atoms with Crippen molar-refractivity contribution in [3.8, 4) is 5.75 Å². The smallest absolute Gasteiger partial charge is 0.233 e. The van der Waals surface area contributed by atoms with Gasteiger partial charge in [0.2, 0.25) is 6.41 Å². The lowest BCUT2D eigenvalue weighted by Gasteiger charge is -2.23. The summed E-state index contributed by atoms with van der Waals surface area (Å²) in [5.74, 6) is -0.0691. The van der Waals surface area contributed by atoms with Gasteiger partial charge in [-0.3, -0.25) is 10.0 Å². The van der Waals surface area contributed by atoms with Gasteiger partial charge in [-0.05, 0) is 52.2 Å². The first-order valence-electron chi connectivity index (χ1n) is 8.15. The maximum Gasteiger partial charge on any atom is 0.233 e. The monoisotopic (exact) mass is 405 g/mol. The van der Waals surface area contributed by atoms with Crippen molar-refractivity contribution in [2.45, 2.75) is 11.8 Å². The summed E-state index contributed by atoms with van der Waals surface area (Å²) in [6.45, 7) is 0. The predicted molar refractivity (Wildman–Crippen MR) is 105 cm³/mol. The average molecular weight is 405 g/mol. The molecule has 1 N–H and O–H groups in total. The van der Waals surface area contributed by atoms with Crippen molar-refractivity contribution >= 4 is 37.7 Å². The summed E-state index contributed by atoms with van der Waals surface area (Å²) in [4.78, 5) is 11.1. The molecule has 8 heteroatoms. The first kappa shape index (κ1) is 19.3. The van der Waals surface area contributed by atoms with Crippen LogP contribution in [0.15, 0.2) is 53.9 Å². The number of carbonyl (C=O) groups excluding carboxylic acids is 1. The number of sulfone groups is 1. The van der Waals surface area contributed by atoms with Gasteiger partial charge < -0.3 is 4.74 Å². The standard InChI is InChI=1S/C19H19NO5S2/c1-25-17-4-2-3-15(10-17)18(20(22)13-21)12-27(23,24)11-14-5-6-19-16(9-14)7-8-26-19/h2-10,13,18,22H,11-12H2,1H3/t18-/m1/s1.